The zero-order chi connectivity index (χ0) is 20.0. The van der Waals surface area contributed by atoms with E-state index in [4.69, 9.17) is 14.7 Å². The molecule has 0 radical (unpaired) electrons. The van der Waals surface area contributed by atoms with Crippen molar-refractivity contribution < 1.29 is 4.74 Å². The van der Waals surface area contributed by atoms with Crippen LogP contribution < -0.4 is 10.3 Å². The fourth-order valence-corrected chi connectivity index (χ4v) is 6.81. The zero-order valence-electron chi connectivity index (χ0n) is 16.1. The number of aromatic nitrogens is 3. The number of nitrogens with zero attached hydrogens (tertiary/aromatic N) is 3. The van der Waals surface area contributed by atoms with Gasteiger partial charge in [0.05, 0.1) is 23.8 Å². The molecule has 3 aromatic heterocycles. The fourth-order valence-electron chi connectivity index (χ4n) is 3.69. The van der Waals surface area contributed by atoms with Crippen molar-refractivity contribution in [1.82, 2.24) is 14.5 Å². The van der Waals surface area contributed by atoms with Crippen molar-refractivity contribution in [3.05, 3.63) is 56.1 Å². The quantitative estimate of drug-likeness (QED) is 0.325. The average molecular weight is 442 g/mol. The third kappa shape index (κ3) is 3.29. The summed E-state index contributed by atoms with van der Waals surface area (Å²) in [5, 5.41) is 4.58. The molecule has 0 fully saturated rings. The molecular formula is C21H19N3O2S3. The topological polar surface area (TPSA) is 57.0 Å². The molecule has 148 valence electrons. The monoisotopic (exact) mass is 441 g/mol. The van der Waals surface area contributed by atoms with Gasteiger partial charge in [0.2, 0.25) is 0 Å². The Balaban J connectivity index is 1.41. The van der Waals surface area contributed by atoms with Gasteiger partial charge in [-0.15, -0.1) is 22.7 Å². The molecule has 0 bridgehead atoms. The van der Waals surface area contributed by atoms with Crippen molar-refractivity contribution in [1.29, 1.82) is 0 Å². The van der Waals surface area contributed by atoms with Crippen molar-refractivity contribution in [3.63, 3.8) is 0 Å². The molecule has 1 aromatic carbocycles. The normalized spacial score (nSPS) is 13.2. The van der Waals surface area contributed by atoms with E-state index in [1.165, 1.54) is 10.4 Å². The van der Waals surface area contributed by atoms with E-state index in [0.717, 1.165) is 56.7 Å². The summed E-state index contributed by atoms with van der Waals surface area (Å²) >= 11 is 4.85. The Morgan fingerprint density at radius 2 is 2.10 bits per heavy atom. The highest BCUT2D eigenvalue weighted by molar-refractivity contribution is 7.98. The maximum Gasteiger partial charge on any atom is 0.262 e. The van der Waals surface area contributed by atoms with E-state index in [1.54, 1.807) is 46.1 Å². The Morgan fingerprint density at radius 1 is 1.24 bits per heavy atom. The molecule has 3 heterocycles. The number of hydrogen-bond acceptors (Lipinski definition) is 7. The number of methoxy groups -OCH3 is 1. The molecular weight excluding hydrogens is 422 g/mol. The van der Waals surface area contributed by atoms with Crippen LogP contribution >= 0.6 is 34.4 Å². The molecule has 5 nitrogen and oxygen atoms in total. The van der Waals surface area contributed by atoms with Crippen LogP contribution in [0.3, 0.4) is 0 Å². The molecule has 0 amide bonds. The smallest absolute Gasteiger partial charge is 0.262 e. The average Bonchev–Trinajstić information content (AvgIpc) is 3.45. The maximum atomic E-state index is 12.9. The fraction of sp³-hybridized carbons (Fsp3) is 0.286. The molecule has 4 aromatic rings. The van der Waals surface area contributed by atoms with Crippen molar-refractivity contribution >= 4 is 44.7 Å². The minimum Gasteiger partial charge on any atom is -0.496 e. The first-order valence-corrected chi connectivity index (χ1v) is 12.1. The lowest BCUT2D eigenvalue weighted by molar-refractivity contribution is 0.416. The highest BCUT2D eigenvalue weighted by Gasteiger charge is 2.22. The van der Waals surface area contributed by atoms with E-state index in [0.29, 0.717) is 5.75 Å². The molecule has 8 heteroatoms. The van der Waals surface area contributed by atoms with Gasteiger partial charge in [0.1, 0.15) is 15.6 Å². The van der Waals surface area contributed by atoms with Crippen molar-refractivity contribution in [3.8, 4) is 16.3 Å². The second-order valence-electron chi connectivity index (χ2n) is 6.93. The van der Waals surface area contributed by atoms with Gasteiger partial charge < -0.3 is 4.74 Å². The number of hydrogen-bond donors (Lipinski definition) is 0. The molecule has 0 atom stereocenters. The molecule has 0 aliphatic heterocycles. The van der Waals surface area contributed by atoms with Crippen LogP contribution in [0.1, 0.15) is 22.6 Å². The van der Waals surface area contributed by atoms with Gasteiger partial charge in [-0.05, 0) is 37.0 Å². The van der Waals surface area contributed by atoms with Crippen LogP contribution in [0.2, 0.25) is 0 Å². The number of aryl methyl sites for hydroxylation is 2. The van der Waals surface area contributed by atoms with Crippen molar-refractivity contribution in [2.75, 3.05) is 7.11 Å². The van der Waals surface area contributed by atoms with Gasteiger partial charge >= 0.3 is 0 Å². The zero-order valence-corrected chi connectivity index (χ0v) is 18.5. The van der Waals surface area contributed by atoms with Crippen LogP contribution in [0.15, 0.2) is 39.6 Å². The molecule has 0 unspecified atom stereocenters. The number of benzene rings is 1. The van der Waals surface area contributed by atoms with Gasteiger partial charge in [-0.1, -0.05) is 23.9 Å². The predicted molar refractivity (Wildman–Crippen MR) is 121 cm³/mol. The van der Waals surface area contributed by atoms with Gasteiger partial charge in [0.15, 0.2) is 5.16 Å². The first kappa shape index (κ1) is 18.8. The van der Waals surface area contributed by atoms with Gasteiger partial charge in [-0.25, -0.2) is 9.97 Å². The lowest BCUT2D eigenvalue weighted by Crippen LogP contribution is -2.20. The van der Waals surface area contributed by atoms with Crippen molar-refractivity contribution in [2.45, 2.75) is 30.2 Å². The Kier molecular flexibility index (Phi) is 4.93. The number of thiazole rings is 1. The van der Waals surface area contributed by atoms with E-state index >= 15 is 0 Å². The SMILES string of the molecule is COc1ccccc1-c1nc(CSc2nc3sc4c(c3c(=O)n2C)CCC4)cs1. The van der Waals surface area contributed by atoms with Crippen LogP contribution in [0, 0.1) is 0 Å². The van der Waals surface area contributed by atoms with Crippen LogP contribution in [0.25, 0.3) is 20.8 Å². The standard InChI is InChI=1S/C21H19N3O2S3/c1-24-20(25)17-14-7-5-9-16(14)29-19(17)23-21(24)28-11-12-10-27-18(22-12)13-6-3-4-8-15(13)26-2/h3-4,6,8,10H,5,7,9,11H2,1-2H3. The lowest BCUT2D eigenvalue weighted by Gasteiger charge is -2.07. The minimum atomic E-state index is 0.0740. The summed E-state index contributed by atoms with van der Waals surface area (Å²) in [4.78, 5) is 24.7. The molecule has 29 heavy (non-hydrogen) atoms. The number of fused-ring (bicyclic) bond motifs is 3. The van der Waals surface area contributed by atoms with Gasteiger partial charge in [-0.3, -0.25) is 9.36 Å². The molecule has 5 rings (SSSR count). The largest absolute Gasteiger partial charge is 0.496 e. The predicted octanol–water partition coefficient (Wildman–Crippen LogP) is 4.91. The minimum absolute atomic E-state index is 0.0740. The molecule has 1 aliphatic rings. The van der Waals surface area contributed by atoms with E-state index in [1.807, 2.05) is 31.3 Å². The van der Waals surface area contributed by atoms with Gasteiger partial charge in [-0.2, -0.15) is 0 Å². The second kappa shape index (κ2) is 7.59. The molecule has 0 saturated heterocycles. The number of para-hydroxylation sites is 1. The number of thiophene rings is 1. The summed E-state index contributed by atoms with van der Waals surface area (Å²) in [7, 11) is 3.49. The van der Waals surface area contributed by atoms with Crippen LogP contribution in [0.5, 0.6) is 5.75 Å². The highest BCUT2D eigenvalue weighted by Crippen LogP contribution is 2.36. The first-order chi connectivity index (χ1) is 14.2. The Morgan fingerprint density at radius 3 is 2.97 bits per heavy atom. The van der Waals surface area contributed by atoms with Gasteiger partial charge in [0.25, 0.3) is 5.56 Å². The van der Waals surface area contributed by atoms with Crippen LogP contribution in [-0.4, -0.2) is 21.6 Å². The summed E-state index contributed by atoms with van der Waals surface area (Å²) in [5.41, 5.74) is 3.28. The van der Waals surface area contributed by atoms with E-state index in [9.17, 15) is 4.79 Å². The summed E-state index contributed by atoms with van der Waals surface area (Å²) in [6, 6.07) is 7.90. The summed E-state index contributed by atoms with van der Waals surface area (Å²) in [5.74, 6) is 1.49. The highest BCUT2D eigenvalue weighted by atomic mass is 32.2. The molecule has 0 saturated carbocycles. The summed E-state index contributed by atoms with van der Waals surface area (Å²) < 4.78 is 7.13. The number of thioether (sulfide) groups is 1. The molecule has 0 spiro atoms. The van der Waals surface area contributed by atoms with E-state index in [-0.39, 0.29) is 5.56 Å². The first-order valence-electron chi connectivity index (χ1n) is 9.37. The maximum absolute atomic E-state index is 12.9. The second-order valence-corrected chi connectivity index (χ2v) is 9.81. The van der Waals surface area contributed by atoms with Gasteiger partial charge in [0, 0.05) is 23.1 Å². The number of rotatable bonds is 5. The summed E-state index contributed by atoms with van der Waals surface area (Å²) in [6.07, 6.45) is 3.23. The van der Waals surface area contributed by atoms with Crippen molar-refractivity contribution in [2.24, 2.45) is 7.05 Å². The van der Waals surface area contributed by atoms with E-state index < -0.39 is 0 Å². The Hall–Kier alpha value is -2.16. The third-order valence-electron chi connectivity index (χ3n) is 5.14. The van der Waals surface area contributed by atoms with Crippen LogP contribution in [0.4, 0.5) is 0 Å². The summed E-state index contributed by atoms with van der Waals surface area (Å²) in [6.45, 7) is 0. The molecule has 0 N–H and O–H groups in total. The number of ether oxygens (including phenoxy) is 1. The Labute approximate surface area is 180 Å². The lowest BCUT2D eigenvalue weighted by atomic mass is 10.2. The molecule has 1 aliphatic carbocycles. The van der Waals surface area contributed by atoms with E-state index in [2.05, 4.69) is 5.38 Å². The third-order valence-corrected chi connectivity index (χ3v) is 8.32. The Bertz CT molecular complexity index is 1270. The van der Waals surface area contributed by atoms with Crippen LogP contribution in [-0.2, 0) is 25.6 Å².